The van der Waals surface area contributed by atoms with Crippen LogP contribution in [0, 0.1) is 5.92 Å². The van der Waals surface area contributed by atoms with Crippen LogP contribution in [0.3, 0.4) is 0 Å². The number of sulfone groups is 1. The molecule has 1 rings (SSSR count). The fraction of sp³-hybridized carbons (Fsp3) is 0.778. The van der Waals surface area contributed by atoms with E-state index in [1.54, 1.807) is 0 Å². The van der Waals surface area contributed by atoms with Crippen molar-refractivity contribution < 1.29 is 23.1 Å². The molecule has 0 aromatic carbocycles. The van der Waals surface area contributed by atoms with E-state index in [9.17, 15) is 18.0 Å². The maximum Gasteiger partial charge on any atom is 0.326 e. The Morgan fingerprint density at radius 3 is 2.38 bits per heavy atom. The quantitative estimate of drug-likeness (QED) is 0.654. The Kier molecular flexibility index (Phi) is 3.90. The van der Waals surface area contributed by atoms with Crippen molar-refractivity contribution in [3.63, 3.8) is 0 Å². The number of amides is 1. The van der Waals surface area contributed by atoms with Crippen molar-refractivity contribution in [3.8, 4) is 0 Å². The van der Waals surface area contributed by atoms with E-state index in [0.717, 1.165) is 12.8 Å². The van der Waals surface area contributed by atoms with E-state index in [2.05, 4.69) is 5.32 Å². The number of carboxylic acids is 1. The van der Waals surface area contributed by atoms with E-state index in [4.69, 9.17) is 5.11 Å². The molecule has 7 heteroatoms. The van der Waals surface area contributed by atoms with Crippen molar-refractivity contribution in [1.29, 1.82) is 0 Å². The molecular formula is C9H15NO5S. The Balaban J connectivity index is 2.52. The van der Waals surface area contributed by atoms with Crippen molar-refractivity contribution in [2.45, 2.75) is 25.8 Å². The number of carboxylic acid groups (broad SMARTS) is 1. The van der Waals surface area contributed by atoms with Gasteiger partial charge in [0.2, 0.25) is 5.91 Å². The Morgan fingerprint density at radius 2 is 2.00 bits per heavy atom. The molecule has 1 aliphatic carbocycles. The largest absolute Gasteiger partial charge is 0.480 e. The number of hydrogen-bond acceptors (Lipinski definition) is 4. The molecule has 2 N–H and O–H groups in total. The van der Waals surface area contributed by atoms with Crippen molar-refractivity contribution >= 4 is 21.7 Å². The van der Waals surface area contributed by atoms with Crippen LogP contribution in [-0.2, 0) is 19.4 Å². The smallest absolute Gasteiger partial charge is 0.326 e. The molecule has 0 aliphatic heterocycles. The number of hydrogen-bond donors (Lipinski definition) is 2. The van der Waals surface area contributed by atoms with Crippen molar-refractivity contribution in [3.05, 3.63) is 0 Å². The van der Waals surface area contributed by atoms with E-state index in [1.807, 2.05) is 0 Å². The minimum atomic E-state index is -3.40. The van der Waals surface area contributed by atoms with Gasteiger partial charge in [0.1, 0.15) is 11.8 Å². The molecule has 92 valence electrons. The summed E-state index contributed by atoms with van der Waals surface area (Å²) < 4.78 is 22.3. The van der Waals surface area contributed by atoms with Gasteiger partial charge in [-0.1, -0.05) is 6.92 Å². The van der Waals surface area contributed by atoms with E-state index in [1.165, 1.54) is 6.92 Å². The first kappa shape index (κ1) is 13.0. The van der Waals surface area contributed by atoms with E-state index >= 15 is 0 Å². The number of carbonyl (C=O) groups is 2. The van der Waals surface area contributed by atoms with Crippen LogP contribution in [0.15, 0.2) is 0 Å². The summed E-state index contributed by atoms with van der Waals surface area (Å²) >= 11 is 0. The van der Waals surface area contributed by atoms with Crippen LogP contribution in [-0.4, -0.2) is 42.9 Å². The summed E-state index contributed by atoms with van der Waals surface area (Å²) in [5.41, 5.74) is 0. The second-order valence-corrected chi connectivity index (χ2v) is 6.25. The highest BCUT2D eigenvalue weighted by Crippen LogP contribution is 2.32. The minimum Gasteiger partial charge on any atom is -0.480 e. The second-order valence-electron chi connectivity index (χ2n) is 3.90. The van der Waals surface area contributed by atoms with Gasteiger partial charge >= 0.3 is 5.97 Å². The first-order valence-electron chi connectivity index (χ1n) is 5.08. The molecule has 16 heavy (non-hydrogen) atoms. The average molecular weight is 249 g/mol. The lowest BCUT2D eigenvalue weighted by atomic mass is 10.2. The standard InChI is InChI=1S/C9H15NO5S/c1-2-16(14,15)5-7(11)10-8(9(12)13)6-3-4-6/h6,8H,2-5H2,1H3,(H,10,11)(H,12,13). The third-order valence-electron chi connectivity index (χ3n) is 2.47. The van der Waals surface area contributed by atoms with Gasteiger partial charge in [-0.25, -0.2) is 13.2 Å². The van der Waals surface area contributed by atoms with Gasteiger partial charge in [-0.15, -0.1) is 0 Å². The SMILES string of the molecule is CCS(=O)(=O)CC(=O)NC(C(=O)O)C1CC1. The highest BCUT2D eigenvalue weighted by molar-refractivity contribution is 7.92. The first-order chi connectivity index (χ1) is 7.35. The Morgan fingerprint density at radius 1 is 1.44 bits per heavy atom. The van der Waals surface area contributed by atoms with Crippen LogP contribution in [0.1, 0.15) is 19.8 Å². The lowest BCUT2D eigenvalue weighted by molar-refractivity contribution is -0.142. The van der Waals surface area contributed by atoms with Crippen molar-refractivity contribution in [2.24, 2.45) is 5.92 Å². The van der Waals surface area contributed by atoms with Crippen molar-refractivity contribution in [2.75, 3.05) is 11.5 Å². The van der Waals surface area contributed by atoms with Gasteiger partial charge < -0.3 is 10.4 Å². The third-order valence-corrected chi connectivity index (χ3v) is 4.05. The normalized spacial score (nSPS) is 17.8. The predicted octanol–water partition coefficient (Wildman–Crippen LogP) is -0.599. The summed E-state index contributed by atoms with van der Waals surface area (Å²) in [4.78, 5) is 22.1. The molecule has 0 spiro atoms. The summed E-state index contributed by atoms with van der Waals surface area (Å²) in [5, 5.41) is 11.1. The fourth-order valence-electron chi connectivity index (χ4n) is 1.33. The van der Waals surface area contributed by atoms with Gasteiger partial charge in [0.05, 0.1) is 0 Å². The maximum atomic E-state index is 11.3. The monoisotopic (exact) mass is 249 g/mol. The van der Waals surface area contributed by atoms with Gasteiger partial charge in [0.25, 0.3) is 0 Å². The molecule has 0 saturated heterocycles. The Bertz CT molecular complexity index is 385. The number of aliphatic carboxylic acids is 1. The van der Waals surface area contributed by atoms with Gasteiger partial charge in [0.15, 0.2) is 9.84 Å². The van der Waals surface area contributed by atoms with Crippen molar-refractivity contribution in [1.82, 2.24) is 5.32 Å². The molecule has 1 amide bonds. The summed E-state index contributed by atoms with van der Waals surface area (Å²) in [5.74, 6) is -2.65. The molecular weight excluding hydrogens is 234 g/mol. The number of rotatable bonds is 6. The highest BCUT2D eigenvalue weighted by atomic mass is 32.2. The summed E-state index contributed by atoms with van der Waals surface area (Å²) in [6.45, 7) is 1.44. The van der Waals surface area contributed by atoms with Crippen LogP contribution < -0.4 is 5.32 Å². The average Bonchev–Trinajstić information content (AvgIpc) is 2.96. The van der Waals surface area contributed by atoms with E-state index < -0.39 is 33.5 Å². The Hall–Kier alpha value is -1.11. The molecule has 0 aromatic heterocycles. The molecule has 0 aromatic rings. The highest BCUT2D eigenvalue weighted by Gasteiger charge is 2.37. The summed E-state index contributed by atoms with van der Waals surface area (Å²) in [7, 11) is -3.40. The molecule has 0 heterocycles. The van der Waals surface area contributed by atoms with Crippen LogP contribution in [0.4, 0.5) is 0 Å². The van der Waals surface area contributed by atoms with Crippen LogP contribution in [0.25, 0.3) is 0 Å². The molecule has 0 radical (unpaired) electrons. The zero-order valence-corrected chi connectivity index (χ0v) is 9.79. The van der Waals surface area contributed by atoms with Gasteiger partial charge in [-0.2, -0.15) is 0 Å². The molecule has 1 aliphatic rings. The van der Waals surface area contributed by atoms with Crippen LogP contribution in [0.2, 0.25) is 0 Å². The molecule has 1 fully saturated rings. The first-order valence-corrected chi connectivity index (χ1v) is 6.90. The van der Waals surface area contributed by atoms with E-state index in [-0.39, 0.29) is 11.7 Å². The van der Waals surface area contributed by atoms with Gasteiger partial charge in [0, 0.05) is 5.75 Å². The fourth-order valence-corrected chi connectivity index (χ4v) is 2.01. The molecule has 1 atom stereocenters. The molecule has 1 unspecified atom stereocenters. The second kappa shape index (κ2) is 4.82. The summed E-state index contributed by atoms with van der Waals surface area (Å²) in [6, 6.07) is -0.945. The van der Waals surface area contributed by atoms with E-state index in [0.29, 0.717) is 0 Å². The van der Waals surface area contributed by atoms with Gasteiger partial charge in [-0.3, -0.25) is 4.79 Å². The molecule has 6 nitrogen and oxygen atoms in total. The zero-order valence-electron chi connectivity index (χ0n) is 8.97. The predicted molar refractivity (Wildman–Crippen MR) is 56.6 cm³/mol. The zero-order chi connectivity index (χ0) is 12.3. The van der Waals surface area contributed by atoms with Crippen LogP contribution >= 0.6 is 0 Å². The maximum absolute atomic E-state index is 11.3. The lowest BCUT2D eigenvalue weighted by Gasteiger charge is -2.13. The third kappa shape index (κ3) is 3.80. The van der Waals surface area contributed by atoms with Gasteiger partial charge in [-0.05, 0) is 18.8 Å². The number of carbonyl (C=O) groups excluding carboxylic acids is 1. The Labute approximate surface area is 93.9 Å². The molecule has 0 bridgehead atoms. The minimum absolute atomic E-state index is 0.0502. The molecule has 1 saturated carbocycles. The lowest BCUT2D eigenvalue weighted by Crippen LogP contribution is -2.44. The topological polar surface area (TPSA) is 101 Å². The van der Waals surface area contributed by atoms with Crippen LogP contribution in [0.5, 0.6) is 0 Å². The number of nitrogens with one attached hydrogen (secondary N) is 1. The summed E-state index contributed by atoms with van der Waals surface area (Å²) in [6.07, 6.45) is 1.52.